The highest BCUT2D eigenvalue weighted by atomic mass is 19.1. The van der Waals surface area contributed by atoms with E-state index < -0.39 is 12.2 Å². The van der Waals surface area contributed by atoms with Crippen LogP contribution in [0.3, 0.4) is 0 Å². The van der Waals surface area contributed by atoms with Gasteiger partial charge in [0.2, 0.25) is 11.8 Å². The van der Waals surface area contributed by atoms with Gasteiger partial charge in [-0.05, 0) is 41.5 Å². The Hall–Kier alpha value is -3.46. The number of nitrogens with one attached hydrogen (secondary N) is 1. The summed E-state index contributed by atoms with van der Waals surface area (Å²) in [6, 6.07) is 15.0. The molecule has 2 heterocycles. The van der Waals surface area contributed by atoms with Crippen molar-refractivity contribution in [3.63, 3.8) is 0 Å². The summed E-state index contributed by atoms with van der Waals surface area (Å²) < 4.78 is 13.3. The second-order valence-corrected chi connectivity index (χ2v) is 10.4. The lowest BCUT2D eigenvalue weighted by molar-refractivity contribution is -0.188. The van der Waals surface area contributed by atoms with E-state index in [1.54, 1.807) is 39.0 Å². The quantitative estimate of drug-likeness (QED) is 0.621. The van der Waals surface area contributed by atoms with Gasteiger partial charge in [0.1, 0.15) is 18.0 Å². The first kappa shape index (κ1) is 26.6. The minimum atomic E-state index is -0.629. The largest absolute Gasteiger partial charge is 0.336 e. The van der Waals surface area contributed by atoms with Crippen molar-refractivity contribution in [2.45, 2.75) is 51.9 Å². The number of fused-ring (bicyclic) bond motifs is 1. The molecule has 4 rings (SSSR count). The number of hydrazine groups is 1. The van der Waals surface area contributed by atoms with Crippen molar-refractivity contribution < 1.29 is 18.8 Å². The van der Waals surface area contributed by atoms with E-state index in [1.807, 2.05) is 44.2 Å². The van der Waals surface area contributed by atoms with E-state index in [0.717, 1.165) is 11.1 Å². The first-order valence-corrected chi connectivity index (χ1v) is 12.8. The second kappa shape index (κ2) is 11.3. The summed E-state index contributed by atoms with van der Waals surface area (Å²) in [6.45, 7) is 7.08. The number of hydrogen-bond acceptors (Lipinski definition) is 4. The SMILES string of the molecule is CC(C)C[C@H]1C(=O)N(CC(C)c2ccccc2)C[C@H]2N1C(=O)CN(C)N2C(=O)NCc1ccc(F)cc1. The Bertz CT molecular complexity index is 1110. The van der Waals surface area contributed by atoms with Crippen LogP contribution in [-0.4, -0.2) is 76.6 Å². The maximum Gasteiger partial charge on any atom is 0.334 e. The Labute approximate surface area is 218 Å². The lowest BCUT2D eigenvalue weighted by Crippen LogP contribution is -2.76. The van der Waals surface area contributed by atoms with Gasteiger partial charge in [0.15, 0.2) is 0 Å². The molecule has 1 unspecified atom stereocenters. The molecule has 37 heavy (non-hydrogen) atoms. The maximum absolute atomic E-state index is 13.7. The summed E-state index contributed by atoms with van der Waals surface area (Å²) in [6.07, 6.45) is -0.102. The van der Waals surface area contributed by atoms with Crippen LogP contribution in [0.4, 0.5) is 9.18 Å². The summed E-state index contributed by atoms with van der Waals surface area (Å²) in [5, 5.41) is 6.06. The average molecular weight is 510 g/mol. The molecule has 8 nitrogen and oxygen atoms in total. The number of likely N-dealkylation sites (N-methyl/N-ethyl adjacent to an activating group) is 1. The van der Waals surface area contributed by atoms with Crippen LogP contribution in [0.15, 0.2) is 54.6 Å². The summed E-state index contributed by atoms with van der Waals surface area (Å²) in [5.41, 5.74) is 1.89. The number of nitrogens with zero attached hydrogens (tertiary/aromatic N) is 4. The molecule has 9 heteroatoms. The van der Waals surface area contributed by atoms with Gasteiger partial charge in [-0.2, -0.15) is 0 Å². The number of amides is 4. The minimum Gasteiger partial charge on any atom is -0.336 e. The van der Waals surface area contributed by atoms with Crippen molar-refractivity contribution in [1.29, 1.82) is 0 Å². The fourth-order valence-electron chi connectivity index (χ4n) is 5.22. The summed E-state index contributed by atoms with van der Waals surface area (Å²) in [7, 11) is 1.71. The highest BCUT2D eigenvalue weighted by Gasteiger charge is 2.50. The lowest BCUT2D eigenvalue weighted by Gasteiger charge is -2.55. The molecule has 4 amide bonds. The molecule has 2 aromatic rings. The van der Waals surface area contributed by atoms with Crippen LogP contribution >= 0.6 is 0 Å². The number of carbonyl (C=O) groups is 3. The maximum atomic E-state index is 13.7. The van der Waals surface area contributed by atoms with Crippen molar-refractivity contribution >= 4 is 17.8 Å². The summed E-state index contributed by atoms with van der Waals surface area (Å²) >= 11 is 0. The molecule has 198 valence electrons. The Morgan fingerprint density at radius 3 is 2.38 bits per heavy atom. The van der Waals surface area contributed by atoms with Crippen LogP contribution in [0, 0.1) is 11.7 Å². The van der Waals surface area contributed by atoms with Crippen LogP contribution < -0.4 is 5.32 Å². The number of piperazine rings is 1. The normalized spacial score (nSPS) is 21.3. The Balaban J connectivity index is 1.58. The van der Waals surface area contributed by atoms with Crippen LogP contribution in [0.25, 0.3) is 0 Å². The molecule has 0 aliphatic carbocycles. The predicted molar refractivity (Wildman–Crippen MR) is 138 cm³/mol. The lowest BCUT2D eigenvalue weighted by atomic mass is 9.95. The van der Waals surface area contributed by atoms with E-state index >= 15 is 0 Å². The Kier molecular flexibility index (Phi) is 8.12. The molecular weight excluding hydrogens is 473 g/mol. The molecule has 2 aliphatic rings. The first-order valence-electron chi connectivity index (χ1n) is 12.8. The third kappa shape index (κ3) is 5.93. The fourth-order valence-corrected chi connectivity index (χ4v) is 5.22. The smallest absolute Gasteiger partial charge is 0.334 e. The highest BCUT2D eigenvalue weighted by Crippen LogP contribution is 2.30. The monoisotopic (exact) mass is 509 g/mol. The molecule has 0 bridgehead atoms. The van der Waals surface area contributed by atoms with E-state index in [-0.39, 0.29) is 55.1 Å². The van der Waals surface area contributed by atoms with Gasteiger partial charge < -0.3 is 15.1 Å². The first-order chi connectivity index (χ1) is 17.7. The van der Waals surface area contributed by atoms with Gasteiger partial charge in [-0.25, -0.2) is 19.2 Å². The number of rotatable bonds is 7. The zero-order chi connectivity index (χ0) is 26.7. The molecule has 2 saturated heterocycles. The minimum absolute atomic E-state index is 0.00274. The molecule has 2 fully saturated rings. The van der Waals surface area contributed by atoms with Crippen LogP contribution in [-0.2, 0) is 16.1 Å². The van der Waals surface area contributed by atoms with E-state index in [1.165, 1.54) is 12.1 Å². The van der Waals surface area contributed by atoms with Crippen molar-refractivity contribution in [2.24, 2.45) is 5.92 Å². The second-order valence-electron chi connectivity index (χ2n) is 10.4. The molecular formula is C28H36FN5O3. The summed E-state index contributed by atoms with van der Waals surface area (Å²) in [4.78, 5) is 43.8. The van der Waals surface area contributed by atoms with Gasteiger partial charge in [0, 0.05) is 20.1 Å². The third-order valence-corrected chi connectivity index (χ3v) is 7.06. The van der Waals surface area contributed by atoms with E-state index in [2.05, 4.69) is 12.2 Å². The van der Waals surface area contributed by atoms with E-state index in [9.17, 15) is 18.8 Å². The molecule has 0 spiro atoms. The van der Waals surface area contributed by atoms with Gasteiger partial charge in [0.05, 0.1) is 13.1 Å². The van der Waals surface area contributed by atoms with Gasteiger partial charge >= 0.3 is 6.03 Å². The molecule has 3 atom stereocenters. The van der Waals surface area contributed by atoms with Crippen molar-refractivity contribution in [3.8, 4) is 0 Å². The topological polar surface area (TPSA) is 76.2 Å². The molecule has 2 aromatic carbocycles. The highest BCUT2D eigenvalue weighted by molar-refractivity contribution is 5.91. The summed E-state index contributed by atoms with van der Waals surface area (Å²) in [5.74, 6) is -0.293. The third-order valence-electron chi connectivity index (χ3n) is 7.06. The van der Waals surface area contributed by atoms with Gasteiger partial charge in [-0.3, -0.25) is 9.59 Å². The molecule has 0 saturated carbocycles. The molecule has 1 N–H and O–H groups in total. The van der Waals surface area contributed by atoms with E-state index in [4.69, 9.17) is 0 Å². The molecule has 0 radical (unpaired) electrons. The van der Waals surface area contributed by atoms with Crippen molar-refractivity contribution in [1.82, 2.24) is 25.1 Å². The van der Waals surface area contributed by atoms with Gasteiger partial charge in [-0.15, -0.1) is 0 Å². The van der Waals surface area contributed by atoms with Gasteiger partial charge in [0.25, 0.3) is 0 Å². The number of hydrogen-bond donors (Lipinski definition) is 1. The zero-order valence-electron chi connectivity index (χ0n) is 21.9. The average Bonchev–Trinajstić information content (AvgIpc) is 2.86. The Morgan fingerprint density at radius 2 is 1.73 bits per heavy atom. The van der Waals surface area contributed by atoms with Crippen molar-refractivity contribution in [3.05, 3.63) is 71.5 Å². The number of carbonyl (C=O) groups excluding carboxylic acids is 3. The van der Waals surface area contributed by atoms with Gasteiger partial charge in [-0.1, -0.05) is 63.2 Å². The van der Waals surface area contributed by atoms with Crippen LogP contribution in [0.5, 0.6) is 0 Å². The standard InChI is InChI=1S/C28H36FN5O3/c1-19(2)14-24-27(36)32(16-20(3)22-8-6-5-7-9-22)17-25-33(24)26(35)18-31(4)34(25)28(37)30-15-21-10-12-23(29)13-11-21/h5-13,19-20,24-25H,14-18H2,1-4H3,(H,30,37)/t20?,24-,25-/m0/s1. The zero-order valence-corrected chi connectivity index (χ0v) is 21.9. The van der Waals surface area contributed by atoms with Crippen molar-refractivity contribution in [2.75, 3.05) is 26.7 Å². The fraction of sp³-hybridized carbons (Fsp3) is 0.464. The Morgan fingerprint density at radius 1 is 1.05 bits per heavy atom. The molecule has 0 aromatic heterocycles. The predicted octanol–water partition coefficient (Wildman–Crippen LogP) is 3.41. The van der Waals surface area contributed by atoms with Crippen LogP contribution in [0.1, 0.15) is 44.2 Å². The number of halogens is 1. The molecule has 2 aliphatic heterocycles. The van der Waals surface area contributed by atoms with Crippen LogP contribution in [0.2, 0.25) is 0 Å². The van der Waals surface area contributed by atoms with E-state index in [0.29, 0.717) is 13.0 Å². The number of urea groups is 1. The number of benzene rings is 2.